The highest BCUT2D eigenvalue weighted by Gasteiger charge is 2.36. The van der Waals surface area contributed by atoms with Crippen LogP contribution in [0.2, 0.25) is 5.02 Å². The van der Waals surface area contributed by atoms with Crippen molar-refractivity contribution in [1.29, 1.82) is 0 Å². The molecule has 0 radical (unpaired) electrons. The normalized spacial score (nSPS) is 15.4. The van der Waals surface area contributed by atoms with Crippen molar-refractivity contribution in [2.45, 2.75) is 13.3 Å². The molecule has 0 bridgehead atoms. The molecule has 2 aromatic carbocycles. The maximum atomic E-state index is 13.0. The van der Waals surface area contributed by atoms with Crippen molar-refractivity contribution in [3.8, 4) is 11.5 Å². The number of ether oxygens (including phenoxy) is 2. The molecule has 7 nitrogen and oxygen atoms in total. The highest BCUT2D eigenvalue weighted by atomic mass is 79.9. The van der Waals surface area contributed by atoms with Crippen LogP contribution in [-0.4, -0.2) is 31.6 Å². The van der Waals surface area contributed by atoms with Gasteiger partial charge in [-0.25, -0.2) is 9.69 Å². The summed E-state index contributed by atoms with van der Waals surface area (Å²) in [5, 5.41) is 2.46. The van der Waals surface area contributed by atoms with Crippen LogP contribution in [0.3, 0.4) is 0 Å². The zero-order chi connectivity index (χ0) is 21.8. The van der Waals surface area contributed by atoms with Crippen LogP contribution in [0.1, 0.15) is 18.9 Å². The molecule has 4 amide bonds. The van der Waals surface area contributed by atoms with E-state index in [0.717, 1.165) is 15.8 Å². The highest BCUT2D eigenvalue weighted by Crippen LogP contribution is 2.37. The average Bonchev–Trinajstić information content (AvgIpc) is 2.71. The number of carbonyl (C=O) groups excluding carboxylic acids is 3. The third-order valence-electron chi connectivity index (χ3n) is 4.20. The van der Waals surface area contributed by atoms with E-state index in [1.54, 1.807) is 36.4 Å². The molecule has 156 valence electrons. The van der Waals surface area contributed by atoms with E-state index in [9.17, 15) is 14.4 Å². The zero-order valence-corrected chi connectivity index (χ0v) is 18.5. The van der Waals surface area contributed by atoms with E-state index in [4.69, 9.17) is 21.1 Å². The number of imide groups is 2. The Morgan fingerprint density at radius 2 is 1.87 bits per heavy atom. The second kappa shape index (κ2) is 9.32. The summed E-state index contributed by atoms with van der Waals surface area (Å²) in [6.07, 6.45) is 2.15. The van der Waals surface area contributed by atoms with Crippen LogP contribution in [0.25, 0.3) is 6.08 Å². The van der Waals surface area contributed by atoms with Gasteiger partial charge in [-0.1, -0.05) is 34.5 Å². The number of methoxy groups -OCH3 is 1. The lowest BCUT2D eigenvalue weighted by Crippen LogP contribution is -2.54. The summed E-state index contributed by atoms with van der Waals surface area (Å²) in [5.41, 5.74) is 0.570. The molecule has 3 rings (SSSR count). The zero-order valence-electron chi connectivity index (χ0n) is 16.2. The smallest absolute Gasteiger partial charge is 0.335 e. The van der Waals surface area contributed by atoms with Gasteiger partial charge in [-0.05, 0) is 54.5 Å². The van der Waals surface area contributed by atoms with Gasteiger partial charge in [0.05, 0.1) is 24.4 Å². The molecule has 0 aliphatic carbocycles. The first-order valence-electron chi connectivity index (χ1n) is 9.03. The number of urea groups is 1. The summed E-state index contributed by atoms with van der Waals surface area (Å²) in [4.78, 5) is 38.5. The van der Waals surface area contributed by atoms with Gasteiger partial charge in [0.25, 0.3) is 11.8 Å². The Morgan fingerprint density at radius 1 is 1.17 bits per heavy atom. The highest BCUT2D eigenvalue weighted by molar-refractivity contribution is 9.10. The SMILES string of the molecule is CCCOc1c(Cl)cc(/C=C2\C(=O)NC(=O)N(c3ccc(Br)cc3)C2=O)cc1OC. The number of benzene rings is 2. The van der Waals surface area contributed by atoms with E-state index in [1.165, 1.54) is 13.2 Å². The monoisotopic (exact) mass is 492 g/mol. The van der Waals surface area contributed by atoms with Gasteiger partial charge < -0.3 is 9.47 Å². The molecule has 0 spiro atoms. The van der Waals surface area contributed by atoms with E-state index in [-0.39, 0.29) is 10.6 Å². The predicted octanol–water partition coefficient (Wildman–Crippen LogP) is 4.57. The Bertz CT molecular complexity index is 1040. The van der Waals surface area contributed by atoms with Crippen LogP contribution in [-0.2, 0) is 9.59 Å². The molecule has 1 aliphatic heterocycles. The summed E-state index contributed by atoms with van der Waals surface area (Å²) in [6, 6.07) is 8.91. The van der Waals surface area contributed by atoms with E-state index < -0.39 is 17.8 Å². The molecule has 9 heteroatoms. The molecule has 0 saturated carbocycles. The lowest BCUT2D eigenvalue weighted by Gasteiger charge is -2.26. The maximum Gasteiger partial charge on any atom is 0.335 e. The van der Waals surface area contributed by atoms with E-state index in [2.05, 4.69) is 21.2 Å². The van der Waals surface area contributed by atoms with Crippen LogP contribution in [0, 0.1) is 0 Å². The van der Waals surface area contributed by atoms with Gasteiger partial charge in [0, 0.05) is 4.47 Å². The number of hydrogen-bond donors (Lipinski definition) is 1. The Hall–Kier alpha value is -2.84. The number of anilines is 1. The molecular weight excluding hydrogens is 476 g/mol. The number of hydrogen-bond acceptors (Lipinski definition) is 5. The molecule has 1 fully saturated rings. The van der Waals surface area contributed by atoms with Gasteiger partial charge in [-0.15, -0.1) is 0 Å². The first-order chi connectivity index (χ1) is 14.3. The number of amides is 4. The Kier molecular flexibility index (Phi) is 6.79. The molecule has 1 heterocycles. The van der Waals surface area contributed by atoms with E-state index >= 15 is 0 Å². The topological polar surface area (TPSA) is 84.9 Å². The van der Waals surface area contributed by atoms with Gasteiger partial charge in [0.1, 0.15) is 5.57 Å². The van der Waals surface area contributed by atoms with Gasteiger partial charge in [-0.3, -0.25) is 14.9 Å². The molecule has 1 saturated heterocycles. The van der Waals surface area contributed by atoms with Crippen LogP contribution in [0.4, 0.5) is 10.5 Å². The fourth-order valence-corrected chi connectivity index (χ4v) is 3.35. The van der Waals surface area contributed by atoms with Crippen molar-refractivity contribution in [3.05, 3.63) is 57.0 Å². The fourth-order valence-electron chi connectivity index (χ4n) is 2.82. The quantitative estimate of drug-likeness (QED) is 0.471. The Morgan fingerprint density at radius 3 is 2.50 bits per heavy atom. The number of halogens is 2. The minimum atomic E-state index is -0.816. The van der Waals surface area contributed by atoms with Crippen LogP contribution >= 0.6 is 27.5 Å². The molecule has 0 aromatic heterocycles. The van der Waals surface area contributed by atoms with Crippen molar-refractivity contribution in [2.75, 3.05) is 18.6 Å². The predicted molar refractivity (Wildman–Crippen MR) is 117 cm³/mol. The molecule has 2 aromatic rings. The van der Waals surface area contributed by atoms with Gasteiger partial charge >= 0.3 is 6.03 Å². The summed E-state index contributed by atoms with van der Waals surface area (Å²) in [5.74, 6) is -0.784. The summed E-state index contributed by atoms with van der Waals surface area (Å²) >= 11 is 9.62. The molecule has 0 atom stereocenters. The first-order valence-corrected chi connectivity index (χ1v) is 10.2. The summed E-state index contributed by atoms with van der Waals surface area (Å²) < 4.78 is 11.7. The molecule has 1 aliphatic rings. The number of nitrogens with zero attached hydrogens (tertiary/aromatic N) is 1. The van der Waals surface area contributed by atoms with Crippen molar-refractivity contribution in [1.82, 2.24) is 5.32 Å². The van der Waals surface area contributed by atoms with Crippen molar-refractivity contribution in [2.24, 2.45) is 0 Å². The van der Waals surface area contributed by atoms with Crippen molar-refractivity contribution in [3.63, 3.8) is 0 Å². The summed E-state index contributed by atoms with van der Waals surface area (Å²) in [6.45, 7) is 2.42. The molecule has 30 heavy (non-hydrogen) atoms. The van der Waals surface area contributed by atoms with Crippen LogP contribution in [0.15, 0.2) is 46.4 Å². The largest absolute Gasteiger partial charge is 0.493 e. The Balaban J connectivity index is 2.00. The second-order valence-corrected chi connectivity index (χ2v) is 7.64. The third-order valence-corrected chi connectivity index (χ3v) is 5.01. The number of rotatable bonds is 6. The first kappa shape index (κ1) is 21.9. The average molecular weight is 494 g/mol. The van der Waals surface area contributed by atoms with E-state index in [0.29, 0.717) is 29.4 Å². The van der Waals surface area contributed by atoms with Gasteiger partial charge in [0.2, 0.25) is 0 Å². The third kappa shape index (κ3) is 4.49. The summed E-state index contributed by atoms with van der Waals surface area (Å²) in [7, 11) is 1.47. The second-order valence-electron chi connectivity index (χ2n) is 6.32. The van der Waals surface area contributed by atoms with Crippen molar-refractivity contribution < 1.29 is 23.9 Å². The van der Waals surface area contributed by atoms with Crippen LogP contribution in [0.5, 0.6) is 11.5 Å². The maximum absolute atomic E-state index is 13.0. The number of carbonyl (C=O) groups is 3. The minimum Gasteiger partial charge on any atom is -0.493 e. The standard InChI is InChI=1S/C21H18BrClN2O5/c1-3-8-30-18-16(23)10-12(11-17(18)29-2)9-15-19(26)24-21(28)25(20(15)27)14-6-4-13(22)5-7-14/h4-7,9-11H,3,8H2,1-2H3,(H,24,26,28)/b15-9+. The molecular formula is C21H18BrClN2O5. The van der Waals surface area contributed by atoms with Gasteiger partial charge in [-0.2, -0.15) is 0 Å². The molecule has 1 N–H and O–H groups in total. The van der Waals surface area contributed by atoms with Crippen molar-refractivity contribution >= 4 is 57.1 Å². The van der Waals surface area contributed by atoms with E-state index in [1.807, 2.05) is 6.92 Å². The fraction of sp³-hybridized carbons (Fsp3) is 0.190. The Labute approximate surface area is 186 Å². The van der Waals surface area contributed by atoms with Crippen LogP contribution < -0.4 is 19.7 Å². The lowest BCUT2D eigenvalue weighted by atomic mass is 10.1. The van der Waals surface area contributed by atoms with Gasteiger partial charge in [0.15, 0.2) is 11.5 Å². The molecule has 0 unspecified atom stereocenters. The number of nitrogens with one attached hydrogen (secondary N) is 1. The number of barbiturate groups is 1. The lowest BCUT2D eigenvalue weighted by molar-refractivity contribution is -0.122. The minimum absolute atomic E-state index is 0.210.